The fourth-order valence-electron chi connectivity index (χ4n) is 2.23. The van der Waals surface area contributed by atoms with E-state index in [4.69, 9.17) is 22.3 Å². The van der Waals surface area contributed by atoms with Crippen LogP contribution in [0, 0.1) is 0 Å². The van der Waals surface area contributed by atoms with Gasteiger partial charge in [0.25, 0.3) is 0 Å². The van der Waals surface area contributed by atoms with Gasteiger partial charge < -0.3 is 15.0 Å². The van der Waals surface area contributed by atoms with Crippen LogP contribution in [0.5, 0.6) is 5.75 Å². The van der Waals surface area contributed by atoms with Gasteiger partial charge in [-0.1, -0.05) is 18.2 Å². The second-order valence-corrected chi connectivity index (χ2v) is 5.40. The average Bonchev–Trinajstić information content (AvgIpc) is 2.45. The van der Waals surface area contributed by atoms with E-state index in [-0.39, 0.29) is 0 Å². The highest BCUT2D eigenvalue weighted by molar-refractivity contribution is 7.79. The Morgan fingerprint density at radius 1 is 1.05 bits per heavy atom. The summed E-state index contributed by atoms with van der Waals surface area (Å²) in [4.78, 5) is 2.17. The molecule has 22 heavy (non-hydrogen) atoms. The molecular formula is C14H16N2O5S. The molecule has 7 nitrogen and oxygen atoms in total. The average molecular weight is 324 g/mol. The molecule has 1 aliphatic rings. The van der Waals surface area contributed by atoms with Gasteiger partial charge >= 0.3 is 10.4 Å². The molecule has 1 aliphatic heterocycles. The molecule has 0 aromatic heterocycles. The van der Waals surface area contributed by atoms with E-state index in [9.17, 15) is 0 Å². The summed E-state index contributed by atoms with van der Waals surface area (Å²) in [5.41, 5.74) is 4.43. The zero-order valence-corrected chi connectivity index (χ0v) is 12.8. The molecule has 8 heteroatoms. The van der Waals surface area contributed by atoms with Crippen molar-refractivity contribution in [2.75, 3.05) is 24.4 Å². The van der Waals surface area contributed by atoms with Crippen molar-refractivity contribution >= 4 is 33.1 Å². The second-order valence-electron chi connectivity index (χ2n) is 4.50. The topological polar surface area (TPSA) is 99.1 Å². The van der Waals surface area contributed by atoms with E-state index in [1.165, 1.54) is 5.69 Å². The van der Waals surface area contributed by atoms with Gasteiger partial charge in [0.1, 0.15) is 11.4 Å². The number of nitrogens with one attached hydrogen (secondary N) is 1. The molecule has 2 aromatic carbocycles. The zero-order valence-electron chi connectivity index (χ0n) is 12.0. The molecule has 0 atom stereocenters. The van der Waals surface area contributed by atoms with E-state index in [1.54, 1.807) is 7.11 Å². The van der Waals surface area contributed by atoms with Crippen molar-refractivity contribution in [3.8, 4) is 5.75 Å². The number of nitrogens with zero attached hydrogens (tertiary/aromatic N) is 1. The smallest absolute Gasteiger partial charge is 0.394 e. The van der Waals surface area contributed by atoms with Crippen molar-refractivity contribution in [3.63, 3.8) is 0 Å². The molecular weight excluding hydrogens is 308 g/mol. The highest BCUT2D eigenvalue weighted by Crippen LogP contribution is 2.46. The monoisotopic (exact) mass is 324 g/mol. The summed E-state index contributed by atoms with van der Waals surface area (Å²) >= 11 is 0. The number of ether oxygens (including phenoxy) is 1. The summed E-state index contributed by atoms with van der Waals surface area (Å²) in [7, 11) is -0.907. The van der Waals surface area contributed by atoms with Crippen molar-refractivity contribution < 1.29 is 22.3 Å². The lowest BCUT2D eigenvalue weighted by atomic mass is 10.1. The fraction of sp³-hybridized carbons (Fsp3) is 0.143. The summed E-state index contributed by atoms with van der Waals surface area (Å²) in [5.74, 6) is 0.865. The van der Waals surface area contributed by atoms with Crippen LogP contribution in [0.1, 0.15) is 0 Å². The van der Waals surface area contributed by atoms with Gasteiger partial charge in [0, 0.05) is 7.05 Å². The Balaban J connectivity index is 0.000000309. The van der Waals surface area contributed by atoms with Gasteiger partial charge in [0.05, 0.1) is 24.2 Å². The van der Waals surface area contributed by atoms with Crippen LogP contribution in [0.4, 0.5) is 22.7 Å². The second kappa shape index (κ2) is 6.22. The van der Waals surface area contributed by atoms with Gasteiger partial charge in [-0.25, -0.2) is 0 Å². The first kappa shape index (κ1) is 16.1. The van der Waals surface area contributed by atoms with Gasteiger partial charge in [-0.05, 0) is 24.3 Å². The van der Waals surface area contributed by atoms with Crippen LogP contribution >= 0.6 is 0 Å². The third-order valence-electron chi connectivity index (χ3n) is 3.11. The highest BCUT2D eigenvalue weighted by Gasteiger charge is 2.21. The molecule has 2 aromatic rings. The first-order chi connectivity index (χ1) is 10.3. The summed E-state index contributed by atoms with van der Waals surface area (Å²) in [6.45, 7) is 0. The van der Waals surface area contributed by atoms with Gasteiger partial charge in [-0.2, -0.15) is 8.42 Å². The maximum atomic E-state index is 8.74. The molecule has 3 rings (SSSR count). The van der Waals surface area contributed by atoms with E-state index in [2.05, 4.69) is 35.5 Å². The first-order valence-corrected chi connectivity index (χ1v) is 7.67. The van der Waals surface area contributed by atoms with Gasteiger partial charge in [-0.15, -0.1) is 0 Å². The van der Waals surface area contributed by atoms with Crippen LogP contribution in [0.25, 0.3) is 0 Å². The van der Waals surface area contributed by atoms with Crippen molar-refractivity contribution in [1.29, 1.82) is 0 Å². The van der Waals surface area contributed by atoms with Crippen LogP contribution in [0.3, 0.4) is 0 Å². The number of benzene rings is 2. The summed E-state index contributed by atoms with van der Waals surface area (Å²) in [6.07, 6.45) is 0. The molecule has 118 valence electrons. The van der Waals surface area contributed by atoms with E-state index in [1.807, 2.05) is 24.3 Å². The van der Waals surface area contributed by atoms with E-state index in [0.29, 0.717) is 0 Å². The Morgan fingerprint density at radius 3 is 2.27 bits per heavy atom. The molecule has 0 unspecified atom stereocenters. The van der Waals surface area contributed by atoms with Crippen LogP contribution in [0.2, 0.25) is 0 Å². The van der Waals surface area contributed by atoms with Crippen molar-refractivity contribution in [2.45, 2.75) is 0 Å². The maximum Gasteiger partial charge on any atom is 0.394 e. The van der Waals surface area contributed by atoms with Crippen LogP contribution in [-0.4, -0.2) is 31.7 Å². The van der Waals surface area contributed by atoms with Crippen molar-refractivity contribution in [3.05, 3.63) is 42.5 Å². The number of anilines is 4. The lowest BCUT2D eigenvalue weighted by molar-refractivity contribution is 0.381. The summed E-state index contributed by atoms with van der Waals surface area (Å²) in [6, 6.07) is 14.3. The third-order valence-corrected chi connectivity index (χ3v) is 3.11. The number of methoxy groups -OCH3 is 1. The number of fused-ring (bicyclic) bond motifs is 2. The van der Waals surface area contributed by atoms with Gasteiger partial charge in [0.15, 0.2) is 0 Å². The number of rotatable bonds is 1. The Bertz CT molecular complexity index is 769. The van der Waals surface area contributed by atoms with Crippen molar-refractivity contribution in [1.82, 2.24) is 0 Å². The third kappa shape index (κ3) is 3.67. The molecule has 1 heterocycles. The highest BCUT2D eigenvalue weighted by atomic mass is 32.3. The van der Waals surface area contributed by atoms with Gasteiger partial charge in [0.2, 0.25) is 0 Å². The fourth-order valence-corrected chi connectivity index (χ4v) is 2.23. The molecule has 0 spiro atoms. The molecule has 0 radical (unpaired) electrons. The molecule has 0 bridgehead atoms. The molecule has 0 aliphatic carbocycles. The Hall–Kier alpha value is -2.29. The van der Waals surface area contributed by atoms with Crippen LogP contribution in [0.15, 0.2) is 42.5 Å². The Kier molecular flexibility index (Phi) is 4.55. The SMILES string of the molecule is COc1cccc2c1Nc1ccccc1N2C.O=S(=O)(O)O. The summed E-state index contributed by atoms with van der Waals surface area (Å²) < 4.78 is 37.0. The minimum absolute atomic E-state index is 0.865. The minimum atomic E-state index is -4.67. The Morgan fingerprint density at radius 2 is 1.64 bits per heavy atom. The molecule has 0 saturated heterocycles. The summed E-state index contributed by atoms with van der Waals surface area (Å²) in [5, 5.41) is 3.42. The lowest BCUT2D eigenvalue weighted by Gasteiger charge is -2.31. The van der Waals surface area contributed by atoms with Crippen molar-refractivity contribution in [2.24, 2.45) is 0 Å². The number of hydrogen-bond acceptors (Lipinski definition) is 5. The standard InChI is InChI=1S/C14H14N2O.H2O4S/c1-16-11-7-4-3-6-10(11)15-14-12(16)8-5-9-13(14)17-2;1-5(2,3)4/h3-9,15H,1-2H3;(H2,1,2,3,4). The van der Waals surface area contributed by atoms with E-state index in [0.717, 1.165) is 22.8 Å². The molecule has 3 N–H and O–H groups in total. The Labute approximate surface area is 128 Å². The van der Waals surface area contributed by atoms with Crippen LogP contribution < -0.4 is 15.0 Å². The molecule has 0 saturated carbocycles. The zero-order chi connectivity index (χ0) is 16.3. The molecule has 0 amide bonds. The largest absolute Gasteiger partial charge is 0.494 e. The van der Waals surface area contributed by atoms with Crippen LogP contribution in [-0.2, 0) is 10.4 Å². The predicted molar refractivity (Wildman–Crippen MR) is 85.0 cm³/mol. The molecule has 0 fully saturated rings. The van der Waals surface area contributed by atoms with Gasteiger partial charge in [-0.3, -0.25) is 9.11 Å². The number of para-hydroxylation sites is 3. The normalized spacial score (nSPS) is 12.3. The quantitative estimate of drug-likeness (QED) is 0.694. The lowest BCUT2D eigenvalue weighted by Crippen LogP contribution is -2.17. The van der Waals surface area contributed by atoms with E-state index >= 15 is 0 Å². The predicted octanol–water partition coefficient (Wildman–Crippen LogP) is 2.87. The minimum Gasteiger partial charge on any atom is -0.494 e. The first-order valence-electron chi connectivity index (χ1n) is 6.28. The maximum absolute atomic E-state index is 8.74. The van der Waals surface area contributed by atoms with E-state index < -0.39 is 10.4 Å². The number of hydrogen-bond donors (Lipinski definition) is 3.